The number of ether oxygens (including phenoxy) is 2. The summed E-state index contributed by atoms with van der Waals surface area (Å²) in [6, 6.07) is 14.3. The molecule has 0 saturated carbocycles. The summed E-state index contributed by atoms with van der Waals surface area (Å²) in [5.41, 5.74) is 0.564. The summed E-state index contributed by atoms with van der Waals surface area (Å²) in [6.45, 7) is 10.3. The number of amides is 3. The van der Waals surface area contributed by atoms with E-state index in [9.17, 15) is 18.6 Å². The van der Waals surface area contributed by atoms with Gasteiger partial charge in [0.1, 0.15) is 11.2 Å². The van der Waals surface area contributed by atoms with Crippen LogP contribution >= 0.6 is 0 Å². The van der Waals surface area contributed by atoms with Crippen molar-refractivity contribution >= 4 is 39.2 Å². The average molecular weight is 568 g/mol. The lowest BCUT2D eigenvalue weighted by Crippen LogP contribution is -2.27. The van der Waals surface area contributed by atoms with Gasteiger partial charge >= 0.3 is 12.2 Å². The highest BCUT2D eigenvalue weighted by Crippen LogP contribution is 2.29. The fraction of sp³-hybridized carbons (Fsp3) is 0.321. The quantitative estimate of drug-likeness (QED) is 0.374. The van der Waals surface area contributed by atoms with Gasteiger partial charge in [-0.15, -0.1) is 4.36 Å². The molecule has 3 rings (SSSR count). The lowest BCUT2D eigenvalue weighted by atomic mass is 10.1. The van der Waals surface area contributed by atoms with Crippen molar-refractivity contribution in [2.45, 2.75) is 57.6 Å². The molecular weight excluding hydrogens is 534 g/mol. The fourth-order valence-electron chi connectivity index (χ4n) is 3.31. The monoisotopic (exact) mass is 567 g/mol. The zero-order chi connectivity index (χ0) is 29.7. The highest BCUT2D eigenvalue weighted by atomic mass is 32.2. The summed E-state index contributed by atoms with van der Waals surface area (Å²) in [7, 11) is -3.11. The van der Waals surface area contributed by atoms with Crippen LogP contribution in [-0.4, -0.2) is 50.0 Å². The normalized spacial score (nSPS) is 13.0. The van der Waals surface area contributed by atoms with Crippen LogP contribution in [0, 0.1) is 0 Å². The molecule has 0 saturated heterocycles. The van der Waals surface area contributed by atoms with Crippen molar-refractivity contribution in [1.29, 1.82) is 0 Å². The number of benzene rings is 2. The van der Waals surface area contributed by atoms with E-state index in [0.717, 1.165) is 0 Å². The minimum absolute atomic E-state index is 0.240. The third-order valence-corrected chi connectivity index (χ3v) is 6.61. The number of nitrogens with one attached hydrogen (secondary N) is 2. The molecule has 0 radical (unpaired) electrons. The summed E-state index contributed by atoms with van der Waals surface area (Å²) in [5, 5.41) is 13.4. The molecule has 12 heteroatoms. The maximum Gasteiger partial charge on any atom is 0.442 e. The molecule has 3 amide bonds. The van der Waals surface area contributed by atoms with Crippen LogP contribution < -0.4 is 10.6 Å². The Kier molecular flexibility index (Phi) is 8.93. The molecule has 0 aliphatic carbocycles. The molecule has 0 bridgehead atoms. The van der Waals surface area contributed by atoms with Gasteiger partial charge in [-0.2, -0.15) is 10.2 Å². The topological polar surface area (TPSA) is 149 Å². The smallest absolute Gasteiger partial charge is 0.442 e. The van der Waals surface area contributed by atoms with Gasteiger partial charge in [0.15, 0.2) is 0 Å². The van der Waals surface area contributed by atoms with Crippen LogP contribution in [0.5, 0.6) is 0 Å². The van der Waals surface area contributed by atoms with E-state index in [0.29, 0.717) is 22.6 Å². The molecule has 2 aromatic carbocycles. The van der Waals surface area contributed by atoms with Gasteiger partial charge in [-0.3, -0.25) is 10.1 Å². The molecule has 1 aromatic heterocycles. The maximum atomic E-state index is 13.2. The molecular formula is C28H33N5O6S. The van der Waals surface area contributed by atoms with Gasteiger partial charge in [-0.05, 0) is 90.1 Å². The van der Waals surface area contributed by atoms with Crippen LogP contribution in [0.3, 0.4) is 0 Å². The zero-order valence-corrected chi connectivity index (χ0v) is 24.3. The summed E-state index contributed by atoms with van der Waals surface area (Å²) in [5.74, 6) is -0.498. The van der Waals surface area contributed by atoms with Gasteiger partial charge in [0, 0.05) is 28.5 Å². The van der Waals surface area contributed by atoms with Gasteiger partial charge in [-0.25, -0.2) is 13.8 Å². The van der Waals surface area contributed by atoms with E-state index in [1.807, 2.05) is 0 Å². The SMILES string of the molecule is CC(C)(C)OC(=O)N=S(C)(=O)c1ccc(C(=O)Nc2cc(-c3cccnn3)ccc2NC(=O)OC(C)(C)C)cc1. The second-order valence-corrected chi connectivity index (χ2v) is 13.1. The molecule has 3 aromatic rings. The summed E-state index contributed by atoms with van der Waals surface area (Å²) < 4.78 is 27.2. The first-order valence-corrected chi connectivity index (χ1v) is 14.2. The van der Waals surface area contributed by atoms with Crippen molar-refractivity contribution < 1.29 is 28.1 Å². The zero-order valence-electron chi connectivity index (χ0n) is 23.5. The Balaban J connectivity index is 1.88. The molecule has 11 nitrogen and oxygen atoms in total. The van der Waals surface area contributed by atoms with Crippen molar-refractivity contribution in [3.63, 3.8) is 0 Å². The summed E-state index contributed by atoms with van der Waals surface area (Å²) >= 11 is 0. The minimum atomic E-state index is -3.11. The van der Waals surface area contributed by atoms with Gasteiger partial charge in [0.25, 0.3) is 5.91 Å². The number of hydrogen-bond acceptors (Lipinski definition) is 8. The fourth-order valence-corrected chi connectivity index (χ4v) is 4.38. The van der Waals surface area contributed by atoms with E-state index in [1.54, 1.807) is 78.1 Å². The third kappa shape index (κ3) is 8.87. The van der Waals surface area contributed by atoms with E-state index >= 15 is 0 Å². The Morgan fingerprint density at radius 3 is 2.08 bits per heavy atom. The maximum absolute atomic E-state index is 13.2. The van der Waals surface area contributed by atoms with Crippen LogP contribution in [0.4, 0.5) is 21.0 Å². The summed E-state index contributed by atoms with van der Waals surface area (Å²) in [6.07, 6.45) is 1.24. The average Bonchev–Trinajstić information content (AvgIpc) is 2.83. The first-order valence-electron chi connectivity index (χ1n) is 12.3. The molecule has 0 fully saturated rings. The number of anilines is 2. The van der Waals surface area contributed by atoms with Crippen molar-refractivity contribution in [3.8, 4) is 11.3 Å². The molecule has 0 aliphatic rings. The van der Waals surface area contributed by atoms with E-state index < -0.39 is 39.0 Å². The number of carbonyl (C=O) groups excluding carboxylic acids is 3. The van der Waals surface area contributed by atoms with E-state index in [4.69, 9.17) is 9.47 Å². The van der Waals surface area contributed by atoms with Crippen LogP contribution in [0.15, 0.2) is 70.1 Å². The Morgan fingerprint density at radius 2 is 1.50 bits per heavy atom. The largest absolute Gasteiger partial charge is 0.444 e. The number of carbonyl (C=O) groups is 3. The van der Waals surface area contributed by atoms with Crippen LogP contribution in [0.1, 0.15) is 51.9 Å². The second-order valence-electron chi connectivity index (χ2n) is 10.8. The third-order valence-electron chi connectivity index (χ3n) is 4.97. The summed E-state index contributed by atoms with van der Waals surface area (Å²) in [4.78, 5) is 37.9. The standard InChI is InChI=1S/C28H33N5O6S/c1-27(2,3)38-25(35)31-22-15-12-19(21-9-8-16-29-32-21)17-23(22)30-24(34)18-10-13-20(14-11-18)40(7,37)33-26(36)39-28(4,5)6/h8-17H,1-7H3,(H,30,34)(H,31,35). The van der Waals surface area contributed by atoms with Crippen LogP contribution in [-0.2, 0) is 19.2 Å². The van der Waals surface area contributed by atoms with Crippen molar-refractivity contribution in [2.75, 3.05) is 16.9 Å². The van der Waals surface area contributed by atoms with Crippen molar-refractivity contribution in [3.05, 3.63) is 66.4 Å². The molecule has 1 unspecified atom stereocenters. The van der Waals surface area contributed by atoms with E-state index in [2.05, 4.69) is 25.2 Å². The minimum Gasteiger partial charge on any atom is -0.444 e. The van der Waals surface area contributed by atoms with Gasteiger partial charge in [0.2, 0.25) is 0 Å². The lowest BCUT2D eigenvalue weighted by molar-refractivity contribution is 0.0603. The molecule has 2 N–H and O–H groups in total. The molecule has 0 aliphatic heterocycles. The molecule has 212 valence electrons. The lowest BCUT2D eigenvalue weighted by Gasteiger charge is -2.21. The Morgan fingerprint density at radius 1 is 0.850 bits per heavy atom. The first kappa shape index (κ1) is 30.2. The Hall–Kier alpha value is -4.32. The predicted octanol–water partition coefficient (Wildman–Crippen LogP) is 6.13. The van der Waals surface area contributed by atoms with Gasteiger partial charge in [-0.1, -0.05) is 6.07 Å². The number of aromatic nitrogens is 2. The second kappa shape index (κ2) is 11.8. The highest BCUT2D eigenvalue weighted by molar-refractivity contribution is 7.93. The molecule has 40 heavy (non-hydrogen) atoms. The van der Waals surface area contributed by atoms with Gasteiger partial charge in [0.05, 0.1) is 26.8 Å². The van der Waals surface area contributed by atoms with Crippen molar-refractivity contribution in [2.24, 2.45) is 4.36 Å². The van der Waals surface area contributed by atoms with Gasteiger partial charge < -0.3 is 14.8 Å². The highest BCUT2D eigenvalue weighted by Gasteiger charge is 2.20. The van der Waals surface area contributed by atoms with Crippen LogP contribution in [0.25, 0.3) is 11.3 Å². The number of hydrogen-bond donors (Lipinski definition) is 2. The Labute approximate surface area is 233 Å². The van der Waals surface area contributed by atoms with Crippen LogP contribution in [0.2, 0.25) is 0 Å². The van der Waals surface area contributed by atoms with Crippen molar-refractivity contribution in [1.82, 2.24) is 10.2 Å². The number of rotatable bonds is 5. The van der Waals surface area contributed by atoms with E-state index in [1.165, 1.54) is 30.5 Å². The first-order chi connectivity index (χ1) is 18.5. The van der Waals surface area contributed by atoms with E-state index in [-0.39, 0.29) is 10.5 Å². The molecule has 1 heterocycles. The molecule has 1 atom stereocenters. The predicted molar refractivity (Wildman–Crippen MR) is 153 cm³/mol. The molecule has 0 spiro atoms. The Bertz CT molecular complexity index is 1520. The number of nitrogens with zero attached hydrogens (tertiary/aromatic N) is 3.